The van der Waals surface area contributed by atoms with Crippen molar-refractivity contribution < 1.29 is 13.2 Å². The molecule has 1 aromatic rings. The Balaban J connectivity index is 2.67. The van der Waals surface area contributed by atoms with E-state index in [2.05, 4.69) is 13.8 Å². The normalized spacial score (nSPS) is 13.8. The highest BCUT2D eigenvalue weighted by Gasteiger charge is 2.30. The van der Waals surface area contributed by atoms with Crippen LogP contribution in [-0.2, 0) is 12.6 Å². The van der Waals surface area contributed by atoms with Crippen molar-refractivity contribution in [1.82, 2.24) is 0 Å². The van der Waals surface area contributed by atoms with Gasteiger partial charge in [-0.05, 0) is 42.9 Å². The van der Waals surface area contributed by atoms with Crippen LogP contribution in [0.25, 0.3) is 0 Å². The summed E-state index contributed by atoms with van der Waals surface area (Å²) in [6, 6.07) is 5.33. The van der Waals surface area contributed by atoms with E-state index >= 15 is 0 Å². The third-order valence-corrected chi connectivity index (χ3v) is 4.05. The lowest BCUT2D eigenvalue weighted by Gasteiger charge is -2.21. The molecule has 114 valence electrons. The van der Waals surface area contributed by atoms with Crippen molar-refractivity contribution in [3.8, 4) is 0 Å². The number of alkyl halides is 4. The summed E-state index contributed by atoms with van der Waals surface area (Å²) in [5.41, 5.74) is 0.265. The van der Waals surface area contributed by atoms with Crippen molar-refractivity contribution in [2.24, 2.45) is 5.92 Å². The fourth-order valence-electron chi connectivity index (χ4n) is 2.47. The largest absolute Gasteiger partial charge is 0.416 e. The maximum atomic E-state index is 12.5. The monoisotopic (exact) mass is 306 g/mol. The summed E-state index contributed by atoms with van der Waals surface area (Å²) >= 11 is 6.45. The lowest BCUT2D eigenvalue weighted by molar-refractivity contribution is -0.137. The topological polar surface area (TPSA) is 0 Å². The molecular formula is C16H22ClF3. The SMILES string of the molecule is CCCC(CCC)C(Cl)Cc1ccc(C(F)(F)F)cc1. The Morgan fingerprint density at radius 1 is 1.00 bits per heavy atom. The van der Waals surface area contributed by atoms with E-state index in [4.69, 9.17) is 11.6 Å². The second-order valence-electron chi connectivity index (χ2n) is 5.25. The van der Waals surface area contributed by atoms with Gasteiger partial charge in [-0.3, -0.25) is 0 Å². The minimum atomic E-state index is -4.27. The molecule has 0 aliphatic rings. The maximum Gasteiger partial charge on any atom is 0.416 e. The minimum Gasteiger partial charge on any atom is -0.166 e. The van der Waals surface area contributed by atoms with Gasteiger partial charge in [0, 0.05) is 5.38 Å². The van der Waals surface area contributed by atoms with Gasteiger partial charge >= 0.3 is 6.18 Å². The van der Waals surface area contributed by atoms with Crippen molar-refractivity contribution in [2.45, 2.75) is 57.5 Å². The zero-order valence-electron chi connectivity index (χ0n) is 12.0. The van der Waals surface area contributed by atoms with E-state index in [0.29, 0.717) is 12.3 Å². The summed E-state index contributed by atoms with van der Waals surface area (Å²) < 4.78 is 37.5. The van der Waals surface area contributed by atoms with Crippen LogP contribution in [-0.4, -0.2) is 5.38 Å². The third kappa shape index (κ3) is 5.35. The van der Waals surface area contributed by atoms with E-state index in [0.717, 1.165) is 43.4 Å². The summed E-state index contributed by atoms with van der Waals surface area (Å²) in [7, 11) is 0. The maximum absolute atomic E-state index is 12.5. The number of hydrogen-bond donors (Lipinski definition) is 0. The van der Waals surface area contributed by atoms with Gasteiger partial charge in [-0.1, -0.05) is 38.8 Å². The molecule has 4 heteroatoms. The van der Waals surface area contributed by atoms with E-state index in [-0.39, 0.29) is 5.38 Å². The molecule has 0 bridgehead atoms. The van der Waals surface area contributed by atoms with Gasteiger partial charge in [0.1, 0.15) is 0 Å². The van der Waals surface area contributed by atoms with E-state index < -0.39 is 11.7 Å². The van der Waals surface area contributed by atoms with Crippen LogP contribution >= 0.6 is 11.6 Å². The van der Waals surface area contributed by atoms with Crippen LogP contribution in [0.3, 0.4) is 0 Å². The second-order valence-corrected chi connectivity index (χ2v) is 5.81. The molecule has 0 N–H and O–H groups in total. The molecule has 0 aliphatic heterocycles. The highest BCUT2D eigenvalue weighted by atomic mass is 35.5. The molecule has 0 amide bonds. The highest BCUT2D eigenvalue weighted by Crippen LogP contribution is 2.30. The van der Waals surface area contributed by atoms with Gasteiger partial charge in [-0.25, -0.2) is 0 Å². The molecule has 0 aromatic heterocycles. The summed E-state index contributed by atoms with van der Waals surface area (Å²) in [6.45, 7) is 4.26. The van der Waals surface area contributed by atoms with E-state index in [1.807, 2.05) is 0 Å². The zero-order valence-corrected chi connectivity index (χ0v) is 12.8. The highest BCUT2D eigenvalue weighted by molar-refractivity contribution is 6.20. The van der Waals surface area contributed by atoms with Gasteiger partial charge in [-0.2, -0.15) is 13.2 Å². The predicted octanol–water partition coefficient (Wildman–Crippen LogP) is 6.07. The van der Waals surface area contributed by atoms with Crippen molar-refractivity contribution in [2.75, 3.05) is 0 Å². The van der Waals surface area contributed by atoms with Gasteiger partial charge in [0.15, 0.2) is 0 Å². The van der Waals surface area contributed by atoms with Crippen LogP contribution < -0.4 is 0 Å². The molecule has 1 atom stereocenters. The molecule has 1 aromatic carbocycles. The summed E-state index contributed by atoms with van der Waals surface area (Å²) in [5, 5.41) is -0.00774. The van der Waals surface area contributed by atoms with E-state index in [1.54, 1.807) is 0 Å². The third-order valence-electron chi connectivity index (χ3n) is 3.54. The van der Waals surface area contributed by atoms with Crippen molar-refractivity contribution in [3.05, 3.63) is 35.4 Å². The summed E-state index contributed by atoms with van der Waals surface area (Å²) in [4.78, 5) is 0. The van der Waals surface area contributed by atoms with E-state index in [1.165, 1.54) is 12.1 Å². The lowest BCUT2D eigenvalue weighted by atomic mass is 9.91. The zero-order chi connectivity index (χ0) is 15.2. The van der Waals surface area contributed by atoms with E-state index in [9.17, 15) is 13.2 Å². The van der Waals surface area contributed by atoms with Crippen molar-refractivity contribution in [3.63, 3.8) is 0 Å². The molecule has 1 rings (SSSR count). The number of rotatable bonds is 7. The minimum absolute atomic E-state index is 0.00774. The van der Waals surface area contributed by atoms with Crippen LogP contribution in [0.5, 0.6) is 0 Å². The quantitative estimate of drug-likeness (QED) is 0.536. The molecular weight excluding hydrogens is 285 g/mol. The molecule has 0 aliphatic carbocycles. The Kier molecular flexibility index (Phi) is 6.87. The molecule has 0 radical (unpaired) electrons. The Bertz CT molecular complexity index is 378. The average Bonchev–Trinajstić information content (AvgIpc) is 2.38. The standard InChI is InChI=1S/C16H22ClF3/c1-3-5-13(6-4-2)15(17)11-12-7-9-14(10-8-12)16(18,19)20/h7-10,13,15H,3-6,11H2,1-2H3. The van der Waals surface area contributed by atoms with Crippen LogP contribution in [0.15, 0.2) is 24.3 Å². The molecule has 0 fully saturated rings. The molecule has 0 heterocycles. The van der Waals surface area contributed by atoms with Gasteiger partial charge < -0.3 is 0 Å². The fourth-order valence-corrected chi connectivity index (χ4v) is 2.90. The van der Waals surface area contributed by atoms with Crippen LogP contribution in [0.1, 0.15) is 50.7 Å². The smallest absolute Gasteiger partial charge is 0.166 e. The first-order valence-corrected chi connectivity index (χ1v) is 7.62. The average molecular weight is 307 g/mol. The predicted molar refractivity (Wildman–Crippen MR) is 78.1 cm³/mol. The van der Waals surface area contributed by atoms with Gasteiger partial charge in [0.05, 0.1) is 5.56 Å². The van der Waals surface area contributed by atoms with Gasteiger partial charge in [-0.15, -0.1) is 11.6 Å². The first-order valence-electron chi connectivity index (χ1n) is 7.18. The molecule has 1 unspecified atom stereocenters. The molecule has 0 spiro atoms. The fraction of sp³-hybridized carbons (Fsp3) is 0.625. The first kappa shape index (κ1) is 17.4. The van der Waals surface area contributed by atoms with Crippen molar-refractivity contribution in [1.29, 1.82) is 0 Å². The summed E-state index contributed by atoms with van der Waals surface area (Å²) in [5.74, 6) is 0.439. The lowest BCUT2D eigenvalue weighted by Crippen LogP contribution is -2.17. The van der Waals surface area contributed by atoms with Gasteiger partial charge in [0.2, 0.25) is 0 Å². The number of hydrogen-bond acceptors (Lipinski definition) is 0. The second kappa shape index (κ2) is 7.92. The number of benzene rings is 1. The molecule has 0 saturated heterocycles. The van der Waals surface area contributed by atoms with Crippen molar-refractivity contribution >= 4 is 11.6 Å². The molecule has 20 heavy (non-hydrogen) atoms. The van der Waals surface area contributed by atoms with Gasteiger partial charge in [0.25, 0.3) is 0 Å². The number of halogens is 4. The Morgan fingerprint density at radius 3 is 1.90 bits per heavy atom. The van der Waals surface area contributed by atoms with Crippen LogP contribution in [0, 0.1) is 5.92 Å². The van der Waals surface area contributed by atoms with Crippen LogP contribution in [0.2, 0.25) is 0 Å². The Morgan fingerprint density at radius 2 is 1.50 bits per heavy atom. The first-order chi connectivity index (χ1) is 9.38. The molecule has 0 saturated carbocycles. The Hall–Kier alpha value is -0.700. The van der Waals surface area contributed by atoms with Crippen LogP contribution in [0.4, 0.5) is 13.2 Å². The Labute approximate surface area is 124 Å². The summed E-state index contributed by atoms with van der Waals surface area (Å²) in [6.07, 6.45) is 0.670. The molecule has 0 nitrogen and oxygen atoms in total.